The molecule has 0 saturated carbocycles. The van der Waals surface area contributed by atoms with Gasteiger partial charge >= 0.3 is 11.9 Å². The van der Waals surface area contributed by atoms with E-state index in [0.29, 0.717) is 6.54 Å². The number of aryl methyl sites for hydroxylation is 3. The summed E-state index contributed by atoms with van der Waals surface area (Å²) in [6.07, 6.45) is 3.90. The zero-order chi connectivity index (χ0) is 22.6. The number of nitrogens with zero attached hydrogens (tertiary/aromatic N) is 1. The number of likely N-dealkylation sites (N-methyl/N-ethyl adjacent to an activating group) is 1. The van der Waals surface area contributed by atoms with Crippen molar-refractivity contribution in [1.82, 2.24) is 4.90 Å². The lowest BCUT2D eigenvalue weighted by Crippen LogP contribution is -2.34. The molecule has 0 aliphatic rings. The van der Waals surface area contributed by atoms with Gasteiger partial charge in [-0.3, -0.25) is 0 Å². The number of hydrogen-bond acceptors (Lipinski definition) is 5. The Morgan fingerprint density at radius 2 is 1.68 bits per heavy atom. The number of carbonyl (C=O) groups excluding carboxylic acids is 1. The van der Waals surface area contributed by atoms with Gasteiger partial charge in [-0.2, -0.15) is 0 Å². The molecule has 0 heterocycles. The molecule has 166 valence electrons. The van der Waals surface area contributed by atoms with E-state index < -0.39 is 18.0 Å². The van der Waals surface area contributed by atoms with Crippen LogP contribution in [0, 0.1) is 0 Å². The molecule has 0 amide bonds. The van der Waals surface area contributed by atoms with Crippen molar-refractivity contribution in [1.29, 1.82) is 0 Å². The van der Waals surface area contributed by atoms with Crippen LogP contribution in [0.2, 0.25) is 0 Å². The molecule has 0 bridgehead atoms. The molecule has 0 spiro atoms. The maximum absolute atomic E-state index is 11.9. The van der Waals surface area contributed by atoms with E-state index in [1.165, 1.54) is 11.1 Å². The molecule has 6 nitrogen and oxygen atoms in total. The molecule has 31 heavy (non-hydrogen) atoms. The first-order valence-electron chi connectivity index (χ1n) is 10.4. The first-order valence-corrected chi connectivity index (χ1v) is 10.4. The fourth-order valence-electron chi connectivity index (χ4n) is 3.13. The molecule has 0 saturated heterocycles. The summed E-state index contributed by atoms with van der Waals surface area (Å²) in [7, 11) is 3.73. The Morgan fingerprint density at radius 3 is 2.32 bits per heavy atom. The van der Waals surface area contributed by atoms with Gasteiger partial charge in [-0.25, -0.2) is 9.59 Å². The lowest BCUT2D eigenvalue weighted by molar-refractivity contribution is -0.145. The maximum Gasteiger partial charge on any atom is 0.331 e. The number of carboxylic acids is 1. The number of aliphatic carboxylic acids is 1. The molecule has 0 aromatic heterocycles. The zero-order valence-corrected chi connectivity index (χ0v) is 18.4. The highest BCUT2D eigenvalue weighted by molar-refractivity contribution is 5.90. The Bertz CT molecular complexity index is 874. The van der Waals surface area contributed by atoms with Crippen LogP contribution in [0.3, 0.4) is 0 Å². The van der Waals surface area contributed by atoms with E-state index in [0.717, 1.165) is 42.7 Å². The number of ether oxygens (including phenoxy) is 2. The van der Waals surface area contributed by atoms with Crippen LogP contribution in [0.5, 0.6) is 5.75 Å². The van der Waals surface area contributed by atoms with E-state index in [2.05, 4.69) is 31.2 Å². The van der Waals surface area contributed by atoms with Crippen molar-refractivity contribution in [2.45, 2.75) is 32.3 Å². The second-order valence-corrected chi connectivity index (χ2v) is 7.58. The Hall–Kier alpha value is -3.12. The number of benzene rings is 2. The van der Waals surface area contributed by atoms with Crippen molar-refractivity contribution >= 4 is 11.9 Å². The van der Waals surface area contributed by atoms with Crippen molar-refractivity contribution in [3.63, 3.8) is 0 Å². The van der Waals surface area contributed by atoms with E-state index >= 15 is 0 Å². The monoisotopic (exact) mass is 425 g/mol. The third-order valence-corrected chi connectivity index (χ3v) is 4.73. The smallest absolute Gasteiger partial charge is 0.331 e. The topological polar surface area (TPSA) is 76.1 Å². The predicted octanol–water partition coefficient (Wildman–Crippen LogP) is 3.53. The molecule has 0 aliphatic heterocycles. The number of para-hydroxylation sites is 1. The summed E-state index contributed by atoms with van der Waals surface area (Å²) in [4.78, 5) is 24.3. The molecular formula is C25H31NO5. The lowest BCUT2D eigenvalue weighted by Gasteiger charge is -2.22. The van der Waals surface area contributed by atoms with Crippen molar-refractivity contribution in [2.24, 2.45) is 0 Å². The van der Waals surface area contributed by atoms with Crippen molar-refractivity contribution in [3.05, 3.63) is 77.4 Å². The van der Waals surface area contributed by atoms with E-state index in [9.17, 15) is 9.59 Å². The van der Waals surface area contributed by atoms with Gasteiger partial charge in [0.1, 0.15) is 18.5 Å². The first kappa shape index (κ1) is 24.2. The number of esters is 1. The van der Waals surface area contributed by atoms with Gasteiger partial charge in [0, 0.05) is 18.7 Å². The van der Waals surface area contributed by atoms with Gasteiger partial charge in [0.15, 0.2) is 0 Å². The van der Waals surface area contributed by atoms with Crippen LogP contribution in [-0.4, -0.2) is 55.3 Å². The Labute approximate surface area is 184 Å². The molecule has 0 unspecified atom stereocenters. The second-order valence-electron chi connectivity index (χ2n) is 7.58. The summed E-state index contributed by atoms with van der Waals surface area (Å²) in [6, 6.07) is 16.5. The van der Waals surface area contributed by atoms with Crippen LogP contribution in [0.15, 0.2) is 60.7 Å². The number of rotatable bonds is 12. The minimum atomic E-state index is -1.20. The van der Waals surface area contributed by atoms with Gasteiger partial charge < -0.3 is 19.5 Å². The third-order valence-electron chi connectivity index (χ3n) is 4.73. The molecule has 0 fully saturated rings. The van der Waals surface area contributed by atoms with E-state index in [1.54, 1.807) is 0 Å². The van der Waals surface area contributed by atoms with Crippen LogP contribution < -0.4 is 4.74 Å². The van der Waals surface area contributed by atoms with Crippen LogP contribution in [0.1, 0.15) is 23.6 Å². The Kier molecular flexibility index (Phi) is 9.78. The number of carboxylic acid groups (broad SMARTS) is 1. The standard InChI is InChI=1S/C25H31NO5/c1-4-19-9-11-20(12-10-19)13-14-21-7-5-6-8-23(21)30-18-22(17-26(2)3)31-25(29)16-15-24(27)28/h5-12,15-16,22H,4,13-14,17-18H2,1-3H3,(H,27,28)/b16-15+/t22-/m1/s1. The summed E-state index contributed by atoms with van der Waals surface area (Å²) in [5, 5.41) is 8.66. The molecule has 6 heteroatoms. The van der Waals surface area contributed by atoms with Crippen molar-refractivity contribution in [3.8, 4) is 5.75 Å². The predicted molar refractivity (Wildman–Crippen MR) is 120 cm³/mol. The summed E-state index contributed by atoms with van der Waals surface area (Å²) >= 11 is 0. The minimum absolute atomic E-state index is 0.174. The zero-order valence-electron chi connectivity index (χ0n) is 18.4. The summed E-state index contributed by atoms with van der Waals surface area (Å²) in [6.45, 7) is 2.78. The molecule has 1 N–H and O–H groups in total. The van der Waals surface area contributed by atoms with E-state index in [1.807, 2.05) is 43.3 Å². The molecule has 2 aromatic rings. The van der Waals surface area contributed by atoms with Crippen molar-refractivity contribution in [2.75, 3.05) is 27.2 Å². The fourth-order valence-corrected chi connectivity index (χ4v) is 3.13. The second kappa shape index (κ2) is 12.5. The average molecular weight is 426 g/mol. The molecule has 2 rings (SSSR count). The van der Waals surface area contributed by atoms with Gasteiger partial charge in [-0.15, -0.1) is 0 Å². The highest BCUT2D eigenvalue weighted by Gasteiger charge is 2.16. The van der Waals surface area contributed by atoms with Crippen LogP contribution in [-0.2, 0) is 33.6 Å². The van der Waals surface area contributed by atoms with Crippen molar-refractivity contribution < 1.29 is 24.2 Å². The number of hydrogen-bond donors (Lipinski definition) is 1. The Balaban J connectivity index is 1.99. The van der Waals surface area contributed by atoms with Gasteiger partial charge in [0.05, 0.1) is 0 Å². The lowest BCUT2D eigenvalue weighted by atomic mass is 10.0. The average Bonchev–Trinajstić information content (AvgIpc) is 2.75. The van der Waals surface area contributed by atoms with Gasteiger partial charge in [0.2, 0.25) is 0 Å². The number of carbonyl (C=O) groups is 2. The highest BCUT2D eigenvalue weighted by atomic mass is 16.6. The minimum Gasteiger partial charge on any atom is -0.489 e. The summed E-state index contributed by atoms with van der Waals surface area (Å²) in [5.74, 6) is -1.15. The SMILES string of the molecule is CCc1ccc(CCc2ccccc2OC[C@@H](CN(C)C)OC(=O)/C=C/C(=O)O)cc1. The third kappa shape index (κ3) is 9.05. The summed E-state index contributed by atoms with van der Waals surface area (Å²) < 4.78 is 11.4. The normalized spacial score (nSPS) is 12.1. The van der Waals surface area contributed by atoms with Crippen LogP contribution in [0.25, 0.3) is 0 Å². The molecular weight excluding hydrogens is 394 g/mol. The molecule has 0 aliphatic carbocycles. The first-order chi connectivity index (χ1) is 14.9. The maximum atomic E-state index is 11.9. The highest BCUT2D eigenvalue weighted by Crippen LogP contribution is 2.21. The van der Waals surface area contributed by atoms with E-state index in [-0.39, 0.29) is 6.61 Å². The van der Waals surface area contributed by atoms with Gasteiger partial charge in [-0.1, -0.05) is 49.4 Å². The van der Waals surface area contributed by atoms with Crippen LogP contribution in [0.4, 0.5) is 0 Å². The Morgan fingerprint density at radius 1 is 1.00 bits per heavy atom. The van der Waals surface area contributed by atoms with Gasteiger partial charge in [-0.05, 0) is 56.1 Å². The quantitative estimate of drug-likeness (QED) is 0.414. The van der Waals surface area contributed by atoms with E-state index in [4.69, 9.17) is 14.6 Å². The fraction of sp³-hybridized carbons (Fsp3) is 0.360. The molecule has 0 radical (unpaired) electrons. The van der Waals surface area contributed by atoms with Crippen LogP contribution >= 0.6 is 0 Å². The molecule has 1 atom stereocenters. The van der Waals surface area contributed by atoms with Gasteiger partial charge in [0.25, 0.3) is 0 Å². The summed E-state index contributed by atoms with van der Waals surface area (Å²) in [5.41, 5.74) is 3.69. The molecule has 2 aromatic carbocycles. The largest absolute Gasteiger partial charge is 0.489 e.